The molecule has 0 aromatic rings. The topological polar surface area (TPSA) is 20.2 Å². The minimum Gasteiger partial charge on any atom is -0.393 e. The lowest BCUT2D eigenvalue weighted by molar-refractivity contribution is -0.125. The van der Waals surface area contributed by atoms with Crippen LogP contribution >= 0.6 is 0 Å². The van der Waals surface area contributed by atoms with Crippen molar-refractivity contribution < 1.29 is 13.9 Å². The number of hydrogen-bond acceptors (Lipinski definition) is 1. The third-order valence-corrected chi connectivity index (χ3v) is 2.25. The van der Waals surface area contributed by atoms with Gasteiger partial charge in [-0.15, -0.1) is 0 Å². The van der Waals surface area contributed by atoms with Gasteiger partial charge in [0.25, 0.3) is 5.92 Å². The van der Waals surface area contributed by atoms with Gasteiger partial charge in [-0.25, -0.2) is 8.78 Å². The summed E-state index contributed by atoms with van der Waals surface area (Å²) in [4.78, 5) is 0. The summed E-state index contributed by atoms with van der Waals surface area (Å²) >= 11 is 0. The van der Waals surface area contributed by atoms with Crippen LogP contribution in [0.1, 0.15) is 26.2 Å². The van der Waals surface area contributed by atoms with E-state index < -0.39 is 17.9 Å². The molecule has 1 rings (SSSR count). The quantitative estimate of drug-likeness (QED) is 0.558. The highest BCUT2D eigenvalue weighted by molar-refractivity contribution is 4.84. The van der Waals surface area contributed by atoms with E-state index in [9.17, 15) is 8.78 Å². The van der Waals surface area contributed by atoms with Crippen molar-refractivity contribution in [1.82, 2.24) is 0 Å². The summed E-state index contributed by atoms with van der Waals surface area (Å²) in [5, 5.41) is 9.03. The van der Waals surface area contributed by atoms with Crippen LogP contribution < -0.4 is 0 Å². The van der Waals surface area contributed by atoms with Crippen molar-refractivity contribution >= 4 is 0 Å². The van der Waals surface area contributed by atoms with E-state index in [1.54, 1.807) is 0 Å². The van der Waals surface area contributed by atoms with Crippen LogP contribution in [0.5, 0.6) is 0 Å². The summed E-state index contributed by atoms with van der Waals surface area (Å²) in [6, 6.07) is 0. The SMILES string of the molecule is C[C@H]1[C@H](O)CCCC1(F)F. The molecule has 10 heavy (non-hydrogen) atoms. The van der Waals surface area contributed by atoms with Gasteiger partial charge in [-0.3, -0.25) is 0 Å². The third-order valence-electron chi connectivity index (χ3n) is 2.25. The van der Waals surface area contributed by atoms with E-state index in [1.165, 1.54) is 6.92 Å². The first-order valence-corrected chi connectivity index (χ1v) is 3.60. The molecule has 0 spiro atoms. The first-order chi connectivity index (χ1) is 4.54. The Morgan fingerprint density at radius 2 is 2.10 bits per heavy atom. The van der Waals surface area contributed by atoms with Crippen LogP contribution in [0.15, 0.2) is 0 Å². The number of aliphatic hydroxyl groups excluding tert-OH is 1. The minimum absolute atomic E-state index is 0.0643. The number of halogens is 2. The zero-order chi connectivity index (χ0) is 7.78. The zero-order valence-electron chi connectivity index (χ0n) is 5.98. The van der Waals surface area contributed by atoms with Gasteiger partial charge in [-0.2, -0.15) is 0 Å². The van der Waals surface area contributed by atoms with Gasteiger partial charge < -0.3 is 5.11 Å². The Morgan fingerprint density at radius 1 is 1.50 bits per heavy atom. The Hall–Kier alpha value is -0.180. The van der Waals surface area contributed by atoms with E-state index in [0.29, 0.717) is 12.8 Å². The second-order valence-electron chi connectivity index (χ2n) is 3.01. The standard InChI is InChI=1S/C7H12F2O/c1-5-6(10)3-2-4-7(5,8)9/h5-6,10H,2-4H2,1H3/t5-,6+/m0/s1. The van der Waals surface area contributed by atoms with Crippen LogP contribution in [0.25, 0.3) is 0 Å². The molecule has 0 heterocycles. The Balaban J connectivity index is 2.60. The average Bonchev–Trinajstić information content (AvgIpc) is 1.83. The molecule has 60 valence electrons. The highest BCUT2D eigenvalue weighted by Crippen LogP contribution is 2.37. The molecular weight excluding hydrogens is 138 g/mol. The van der Waals surface area contributed by atoms with Crippen LogP contribution in [0.4, 0.5) is 8.78 Å². The molecule has 1 fully saturated rings. The second kappa shape index (κ2) is 2.46. The van der Waals surface area contributed by atoms with E-state index in [1.807, 2.05) is 0 Å². The maximum atomic E-state index is 12.7. The van der Waals surface area contributed by atoms with E-state index >= 15 is 0 Å². The monoisotopic (exact) mass is 150 g/mol. The van der Waals surface area contributed by atoms with Crippen LogP contribution in [-0.2, 0) is 0 Å². The number of aliphatic hydroxyl groups is 1. The minimum atomic E-state index is -2.64. The molecule has 1 aliphatic carbocycles. The number of hydrogen-bond donors (Lipinski definition) is 1. The lowest BCUT2D eigenvalue weighted by Gasteiger charge is -2.32. The number of alkyl halides is 2. The Labute approximate surface area is 59.0 Å². The molecule has 3 heteroatoms. The van der Waals surface area contributed by atoms with Crippen molar-refractivity contribution in [3.05, 3.63) is 0 Å². The first kappa shape index (κ1) is 7.92. The van der Waals surface area contributed by atoms with Crippen LogP contribution in [0.2, 0.25) is 0 Å². The van der Waals surface area contributed by atoms with Crippen molar-refractivity contribution in [2.45, 2.75) is 38.2 Å². The van der Waals surface area contributed by atoms with Crippen molar-refractivity contribution in [3.8, 4) is 0 Å². The van der Waals surface area contributed by atoms with Gasteiger partial charge in [0.15, 0.2) is 0 Å². The molecule has 0 radical (unpaired) electrons. The van der Waals surface area contributed by atoms with Crippen molar-refractivity contribution in [2.75, 3.05) is 0 Å². The Bertz CT molecular complexity index is 125. The number of rotatable bonds is 0. The highest BCUT2D eigenvalue weighted by Gasteiger charge is 2.43. The summed E-state index contributed by atoms with van der Waals surface area (Å²) in [5.41, 5.74) is 0. The largest absolute Gasteiger partial charge is 0.393 e. The molecule has 0 aliphatic heterocycles. The summed E-state index contributed by atoms with van der Waals surface area (Å²) in [6.07, 6.45) is 0.101. The maximum absolute atomic E-state index is 12.7. The lowest BCUT2D eigenvalue weighted by Crippen LogP contribution is -2.39. The molecule has 1 saturated carbocycles. The summed E-state index contributed by atoms with van der Waals surface area (Å²) in [6.45, 7) is 1.41. The fourth-order valence-electron chi connectivity index (χ4n) is 1.31. The van der Waals surface area contributed by atoms with Crippen molar-refractivity contribution in [1.29, 1.82) is 0 Å². The molecule has 0 unspecified atom stereocenters. The zero-order valence-corrected chi connectivity index (χ0v) is 5.98. The summed E-state index contributed by atoms with van der Waals surface area (Å²) < 4.78 is 25.4. The van der Waals surface area contributed by atoms with Gasteiger partial charge in [-0.05, 0) is 12.8 Å². The van der Waals surface area contributed by atoms with Gasteiger partial charge in [0.1, 0.15) is 0 Å². The fraction of sp³-hybridized carbons (Fsp3) is 1.00. The maximum Gasteiger partial charge on any atom is 0.253 e. The second-order valence-corrected chi connectivity index (χ2v) is 3.01. The van der Waals surface area contributed by atoms with E-state index in [4.69, 9.17) is 5.11 Å². The molecular formula is C7H12F2O. The van der Waals surface area contributed by atoms with Crippen LogP contribution in [0, 0.1) is 5.92 Å². The van der Waals surface area contributed by atoms with E-state index in [0.717, 1.165) is 0 Å². The van der Waals surface area contributed by atoms with Crippen molar-refractivity contribution in [3.63, 3.8) is 0 Å². The average molecular weight is 150 g/mol. The molecule has 0 aromatic heterocycles. The molecule has 0 amide bonds. The predicted molar refractivity (Wildman–Crippen MR) is 34.0 cm³/mol. The molecule has 1 aliphatic rings. The molecule has 0 saturated heterocycles. The van der Waals surface area contributed by atoms with E-state index in [2.05, 4.69) is 0 Å². The molecule has 0 aromatic carbocycles. The lowest BCUT2D eigenvalue weighted by atomic mass is 9.85. The highest BCUT2D eigenvalue weighted by atomic mass is 19.3. The van der Waals surface area contributed by atoms with Gasteiger partial charge in [0.05, 0.1) is 6.10 Å². The molecule has 1 nitrogen and oxygen atoms in total. The molecule has 2 atom stereocenters. The smallest absolute Gasteiger partial charge is 0.253 e. The predicted octanol–water partition coefficient (Wildman–Crippen LogP) is 1.80. The van der Waals surface area contributed by atoms with Crippen LogP contribution in [-0.4, -0.2) is 17.1 Å². The first-order valence-electron chi connectivity index (χ1n) is 3.60. The normalized spacial score (nSPS) is 39.6. The van der Waals surface area contributed by atoms with Gasteiger partial charge in [0, 0.05) is 12.3 Å². The van der Waals surface area contributed by atoms with Gasteiger partial charge in [0.2, 0.25) is 0 Å². The summed E-state index contributed by atoms with van der Waals surface area (Å²) in [5.74, 6) is -3.50. The van der Waals surface area contributed by atoms with E-state index in [-0.39, 0.29) is 6.42 Å². The molecule has 0 bridgehead atoms. The molecule has 1 N–H and O–H groups in total. The fourth-order valence-corrected chi connectivity index (χ4v) is 1.31. The van der Waals surface area contributed by atoms with Crippen molar-refractivity contribution in [2.24, 2.45) is 5.92 Å². The Morgan fingerprint density at radius 3 is 2.50 bits per heavy atom. The van der Waals surface area contributed by atoms with Crippen LogP contribution in [0.3, 0.4) is 0 Å². The Kier molecular flexibility index (Phi) is 1.95. The van der Waals surface area contributed by atoms with Gasteiger partial charge >= 0.3 is 0 Å². The summed E-state index contributed by atoms with van der Waals surface area (Å²) in [7, 11) is 0. The third kappa shape index (κ3) is 1.29. The van der Waals surface area contributed by atoms with Gasteiger partial charge in [-0.1, -0.05) is 6.92 Å².